The Morgan fingerprint density at radius 1 is 1.05 bits per heavy atom. The average Bonchev–Trinajstić information content (AvgIpc) is 2.52. The Kier molecular flexibility index (Phi) is 5.76. The highest BCUT2D eigenvalue weighted by Gasteiger charge is 2.05. The lowest BCUT2D eigenvalue weighted by Crippen LogP contribution is -2.18. The smallest absolute Gasteiger partial charge is 0.123 e. The first-order chi connectivity index (χ1) is 10.2. The lowest BCUT2D eigenvalue weighted by Gasteiger charge is -2.14. The van der Waals surface area contributed by atoms with E-state index in [1.807, 2.05) is 24.3 Å². The third kappa shape index (κ3) is 4.87. The lowest BCUT2D eigenvalue weighted by atomic mass is 10.1. The van der Waals surface area contributed by atoms with Crippen molar-refractivity contribution in [3.8, 4) is 5.75 Å². The maximum absolute atomic E-state index is 12.9. The van der Waals surface area contributed by atoms with E-state index in [4.69, 9.17) is 4.74 Å². The molecule has 3 heteroatoms. The molecule has 0 amide bonds. The molecule has 2 rings (SSSR count). The highest BCUT2D eigenvalue weighted by Crippen LogP contribution is 2.15. The fourth-order valence-corrected chi connectivity index (χ4v) is 2.06. The zero-order chi connectivity index (χ0) is 15.1. The van der Waals surface area contributed by atoms with Crippen LogP contribution in [0.1, 0.15) is 37.4 Å². The van der Waals surface area contributed by atoms with Gasteiger partial charge in [0.05, 0.1) is 6.61 Å². The van der Waals surface area contributed by atoms with Gasteiger partial charge in [-0.3, -0.25) is 0 Å². The van der Waals surface area contributed by atoms with Crippen LogP contribution in [-0.2, 0) is 6.54 Å². The molecule has 0 aliphatic heterocycles. The monoisotopic (exact) mass is 287 g/mol. The normalized spacial score (nSPS) is 12.1. The molecule has 0 aliphatic carbocycles. The molecule has 0 unspecified atom stereocenters. The van der Waals surface area contributed by atoms with Crippen LogP contribution < -0.4 is 10.1 Å². The van der Waals surface area contributed by atoms with Gasteiger partial charge in [0.15, 0.2) is 0 Å². The molecule has 0 aliphatic rings. The molecular formula is C18H22FNO. The molecule has 0 radical (unpaired) electrons. The first-order valence-electron chi connectivity index (χ1n) is 7.39. The van der Waals surface area contributed by atoms with Crippen molar-refractivity contribution in [3.63, 3.8) is 0 Å². The average molecular weight is 287 g/mol. The molecule has 0 saturated heterocycles. The first kappa shape index (κ1) is 15.5. The molecule has 1 N–H and O–H groups in total. The van der Waals surface area contributed by atoms with Crippen LogP contribution >= 0.6 is 0 Å². The van der Waals surface area contributed by atoms with Crippen LogP contribution in [0.3, 0.4) is 0 Å². The van der Waals surface area contributed by atoms with E-state index in [0.29, 0.717) is 0 Å². The number of halogens is 1. The summed E-state index contributed by atoms with van der Waals surface area (Å²) in [6.45, 7) is 5.69. The summed E-state index contributed by atoms with van der Waals surface area (Å²) in [7, 11) is 0. The molecule has 1 atom stereocenters. The van der Waals surface area contributed by atoms with E-state index in [9.17, 15) is 4.39 Å². The summed E-state index contributed by atoms with van der Waals surface area (Å²) in [5.41, 5.74) is 2.28. The van der Waals surface area contributed by atoms with Crippen molar-refractivity contribution >= 4 is 0 Å². The number of benzene rings is 2. The van der Waals surface area contributed by atoms with E-state index < -0.39 is 0 Å². The van der Waals surface area contributed by atoms with Crippen molar-refractivity contribution in [2.24, 2.45) is 0 Å². The zero-order valence-electron chi connectivity index (χ0n) is 12.6. The quantitative estimate of drug-likeness (QED) is 0.811. The number of hydrogen-bond donors (Lipinski definition) is 1. The Hall–Kier alpha value is -1.87. The second-order valence-corrected chi connectivity index (χ2v) is 5.15. The van der Waals surface area contributed by atoms with Crippen molar-refractivity contribution < 1.29 is 9.13 Å². The lowest BCUT2D eigenvalue weighted by molar-refractivity contribution is 0.317. The van der Waals surface area contributed by atoms with Gasteiger partial charge >= 0.3 is 0 Å². The van der Waals surface area contributed by atoms with Gasteiger partial charge in [-0.1, -0.05) is 31.2 Å². The van der Waals surface area contributed by atoms with Gasteiger partial charge in [0.2, 0.25) is 0 Å². The Bertz CT molecular complexity index is 536. The minimum Gasteiger partial charge on any atom is -0.494 e. The first-order valence-corrected chi connectivity index (χ1v) is 7.39. The van der Waals surface area contributed by atoms with Gasteiger partial charge in [0.1, 0.15) is 11.6 Å². The summed E-state index contributed by atoms with van der Waals surface area (Å²) >= 11 is 0. The van der Waals surface area contributed by atoms with Gasteiger partial charge in [-0.15, -0.1) is 0 Å². The molecule has 0 heterocycles. The number of nitrogens with one attached hydrogen (secondary N) is 1. The minimum atomic E-state index is -0.200. The van der Waals surface area contributed by atoms with Crippen LogP contribution in [0.2, 0.25) is 0 Å². The topological polar surface area (TPSA) is 21.3 Å². The molecule has 0 spiro atoms. The molecule has 112 valence electrons. The van der Waals surface area contributed by atoms with Crippen molar-refractivity contribution in [1.82, 2.24) is 5.32 Å². The number of hydrogen-bond acceptors (Lipinski definition) is 2. The third-order valence-electron chi connectivity index (χ3n) is 3.38. The van der Waals surface area contributed by atoms with Crippen LogP contribution in [0.4, 0.5) is 4.39 Å². The predicted octanol–water partition coefficient (Wildman–Crippen LogP) is 4.47. The van der Waals surface area contributed by atoms with Gasteiger partial charge in [-0.05, 0) is 48.7 Å². The van der Waals surface area contributed by atoms with Gasteiger partial charge < -0.3 is 10.1 Å². The molecule has 21 heavy (non-hydrogen) atoms. The molecule has 0 fully saturated rings. The highest BCUT2D eigenvalue weighted by molar-refractivity contribution is 5.27. The van der Waals surface area contributed by atoms with Crippen molar-refractivity contribution in [3.05, 3.63) is 65.5 Å². The summed E-state index contributed by atoms with van der Waals surface area (Å²) in [5, 5.41) is 3.43. The van der Waals surface area contributed by atoms with Crippen LogP contribution in [0, 0.1) is 5.82 Å². The molecular weight excluding hydrogens is 265 g/mol. The fraction of sp³-hybridized carbons (Fsp3) is 0.333. The summed E-state index contributed by atoms with van der Waals surface area (Å²) in [6.07, 6.45) is 1.01. The maximum atomic E-state index is 12.9. The van der Waals surface area contributed by atoms with Crippen LogP contribution in [0.25, 0.3) is 0 Å². The van der Waals surface area contributed by atoms with E-state index in [1.54, 1.807) is 0 Å². The molecule has 2 aromatic carbocycles. The molecule has 0 aromatic heterocycles. The van der Waals surface area contributed by atoms with E-state index in [-0.39, 0.29) is 11.9 Å². The fourth-order valence-electron chi connectivity index (χ4n) is 2.06. The van der Waals surface area contributed by atoms with Gasteiger partial charge in [-0.25, -0.2) is 4.39 Å². The number of rotatable bonds is 7. The molecule has 0 saturated carbocycles. The summed E-state index contributed by atoms with van der Waals surface area (Å²) in [4.78, 5) is 0. The van der Waals surface area contributed by atoms with E-state index >= 15 is 0 Å². The Morgan fingerprint density at radius 3 is 2.33 bits per heavy atom. The zero-order valence-corrected chi connectivity index (χ0v) is 12.6. The van der Waals surface area contributed by atoms with Crippen LogP contribution in [0.5, 0.6) is 5.75 Å². The van der Waals surface area contributed by atoms with E-state index in [1.165, 1.54) is 17.7 Å². The Labute approximate surface area is 126 Å². The standard InChI is InChI=1S/C18H22FNO/c1-3-12-21-18-10-4-15(5-11-18)13-20-14(2)16-6-8-17(19)9-7-16/h4-11,14,20H,3,12-13H2,1-2H3/t14-/m1/s1. The second kappa shape index (κ2) is 7.79. The van der Waals surface area contributed by atoms with Crippen LogP contribution in [-0.4, -0.2) is 6.61 Å². The van der Waals surface area contributed by atoms with E-state index in [2.05, 4.69) is 31.3 Å². The van der Waals surface area contributed by atoms with Crippen molar-refractivity contribution in [2.45, 2.75) is 32.9 Å². The van der Waals surface area contributed by atoms with Crippen LogP contribution in [0.15, 0.2) is 48.5 Å². The molecule has 2 aromatic rings. The van der Waals surface area contributed by atoms with Gasteiger partial charge in [0.25, 0.3) is 0 Å². The largest absolute Gasteiger partial charge is 0.494 e. The van der Waals surface area contributed by atoms with Crippen molar-refractivity contribution in [1.29, 1.82) is 0 Å². The third-order valence-corrected chi connectivity index (χ3v) is 3.38. The molecule has 0 bridgehead atoms. The SMILES string of the molecule is CCCOc1ccc(CN[C@H](C)c2ccc(F)cc2)cc1. The van der Waals surface area contributed by atoms with Crippen molar-refractivity contribution in [2.75, 3.05) is 6.61 Å². The maximum Gasteiger partial charge on any atom is 0.123 e. The predicted molar refractivity (Wildman–Crippen MR) is 83.9 cm³/mol. The highest BCUT2D eigenvalue weighted by atomic mass is 19.1. The Balaban J connectivity index is 1.86. The summed E-state index contributed by atoms with van der Waals surface area (Å²) in [5.74, 6) is 0.709. The van der Waals surface area contributed by atoms with E-state index in [0.717, 1.165) is 30.9 Å². The number of ether oxygens (including phenoxy) is 1. The van der Waals surface area contributed by atoms with Gasteiger partial charge in [-0.2, -0.15) is 0 Å². The minimum absolute atomic E-state index is 0.182. The summed E-state index contributed by atoms with van der Waals surface area (Å²) in [6, 6.07) is 14.9. The summed E-state index contributed by atoms with van der Waals surface area (Å²) < 4.78 is 18.5. The van der Waals surface area contributed by atoms with Gasteiger partial charge in [0, 0.05) is 12.6 Å². The molecule has 2 nitrogen and oxygen atoms in total. The second-order valence-electron chi connectivity index (χ2n) is 5.15. The Morgan fingerprint density at radius 2 is 1.71 bits per heavy atom.